The molecule has 0 radical (unpaired) electrons. The molecule has 0 saturated carbocycles. The van der Waals surface area contributed by atoms with E-state index >= 15 is 0 Å². The number of fused-ring (bicyclic) bond motifs is 1. The molecule has 0 fully saturated rings. The van der Waals surface area contributed by atoms with Crippen molar-refractivity contribution in [1.82, 2.24) is 0 Å². The SMILES string of the molecule is CC1=Nc2cccc(C)c2C1C. The van der Waals surface area contributed by atoms with Gasteiger partial charge >= 0.3 is 0 Å². The lowest BCUT2D eigenvalue weighted by atomic mass is 9.95. The molecule has 1 aromatic rings. The molecule has 1 aliphatic heterocycles. The second-order valence-corrected chi connectivity index (χ2v) is 3.48. The number of nitrogens with zero attached hydrogens (tertiary/aromatic N) is 1. The standard InChI is InChI=1S/C11H13N/c1-7-5-4-6-10-11(7)8(2)9(3)12-10/h4-6,8H,1-3H3. The Morgan fingerprint density at radius 2 is 2.00 bits per heavy atom. The molecule has 2 rings (SSSR count). The highest BCUT2D eigenvalue weighted by Crippen LogP contribution is 2.36. The van der Waals surface area contributed by atoms with Crippen molar-refractivity contribution in [2.45, 2.75) is 26.7 Å². The highest BCUT2D eigenvalue weighted by molar-refractivity contribution is 5.96. The molecule has 1 heteroatoms. The summed E-state index contributed by atoms with van der Waals surface area (Å²) < 4.78 is 0. The van der Waals surface area contributed by atoms with E-state index in [1.165, 1.54) is 22.5 Å². The number of aliphatic imine (C=N–C) groups is 1. The number of aryl methyl sites for hydroxylation is 1. The highest BCUT2D eigenvalue weighted by Gasteiger charge is 2.20. The molecular formula is C11H13N. The predicted octanol–water partition coefficient (Wildman–Crippen LogP) is 3.20. The van der Waals surface area contributed by atoms with E-state index in [1.54, 1.807) is 0 Å². The zero-order valence-electron chi connectivity index (χ0n) is 7.76. The van der Waals surface area contributed by atoms with E-state index in [2.05, 4.69) is 44.0 Å². The monoisotopic (exact) mass is 159 g/mol. The molecule has 0 aliphatic carbocycles. The van der Waals surface area contributed by atoms with Crippen LogP contribution in [0, 0.1) is 6.92 Å². The average Bonchev–Trinajstić information content (AvgIpc) is 2.29. The van der Waals surface area contributed by atoms with E-state index < -0.39 is 0 Å². The van der Waals surface area contributed by atoms with E-state index in [0.717, 1.165) is 0 Å². The summed E-state index contributed by atoms with van der Waals surface area (Å²) in [6.07, 6.45) is 0. The van der Waals surface area contributed by atoms with Gasteiger partial charge in [0.25, 0.3) is 0 Å². The smallest absolute Gasteiger partial charge is 0.0670 e. The fourth-order valence-electron chi connectivity index (χ4n) is 1.82. The summed E-state index contributed by atoms with van der Waals surface area (Å²) in [4.78, 5) is 4.51. The maximum absolute atomic E-state index is 4.51. The summed E-state index contributed by atoms with van der Waals surface area (Å²) in [5.74, 6) is 0.515. The van der Waals surface area contributed by atoms with Crippen LogP contribution in [0.25, 0.3) is 0 Å². The van der Waals surface area contributed by atoms with Gasteiger partial charge in [0.05, 0.1) is 5.69 Å². The third-order valence-corrected chi connectivity index (χ3v) is 2.66. The minimum Gasteiger partial charge on any atom is -0.257 e. The van der Waals surface area contributed by atoms with Crippen LogP contribution >= 0.6 is 0 Å². The van der Waals surface area contributed by atoms with Crippen molar-refractivity contribution < 1.29 is 0 Å². The predicted molar refractivity (Wildman–Crippen MR) is 52.4 cm³/mol. The van der Waals surface area contributed by atoms with Crippen molar-refractivity contribution in [3.05, 3.63) is 29.3 Å². The summed E-state index contributed by atoms with van der Waals surface area (Å²) >= 11 is 0. The molecule has 0 saturated heterocycles. The van der Waals surface area contributed by atoms with Gasteiger partial charge in [-0.15, -0.1) is 0 Å². The molecule has 1 nitrogen and oxygen atoms in total. The van der Waals surface area contributed by atoms with Gasteiger partial charge in [-0.1, -0.05) is 19.1 Å². The topological polar surface area (TPSA) is 12.4 Å². The molecule has 1 aliphatic rings. The Labute approximate surface area is 73.1 Å². The quantitative estimate of drug-likeness (QED) is 0.551. The maximum atomic E-state index is 4.51. The first-order valence-corrected chi connectivity index (χ1v) is 4.35. The molecule has 0 amide bonds. The molecule has 0 aromatic heterocycles. The fraction of sp³-hybridized carbons (Fsp3) is 0.364. The van der Waals surface area contributed by atoms with Gasteiger partial charge in [0.1, 0.15) is 0 Å². The first-order valence-electron chi connectivity index (χ1n) is 4.35. The maximum Gasteiger partial charge on any atom is 0.0670 e. The number of hydrogen-bond donors (Lipinski definition) is 0. The number of benzene rings is 1. The van der Waals surface area contributed by atoms with Crippen molar-refractivity contribution in [3.8, 4) is 0 Å². The fourth-order valence-corrected chi connectivity index (χ4v) is 1.82. The van der Waals surface area contributed by atoms with Crippen LogP contribution in [0.2, 0.25) is 0 Å². The highest BCUT2D eigenvalue weighted by atomic mass is 14.8. The van der Waals surface area contributed by atoms with E-state index in [-0.39, 0.29) is 0 Å². The van der Waals surface area contributed by atoms with Crippen LogP contribution in [0.15, 0.2) is 23.2 Å². The first kappa shape index (κ1) is 7.53. The van der Waals surface area contributed by atoms with E-state index in [9.17, 15) is 0 Å². The molecule has 0 spiro atoms. The molecule has 1 atom stereocenters. The van der Waals surface area contributed by atoms with Crippen LogP contribution in [0.1, 0.15) is 30.9 Å². The van der Waals surface area contributed by atoms with Gasteiger partial charge in [0, 0.05) is 11.6 Å². The lowest BCUT2D eigenvalue weighted by Crippen LogP contribution is -1.99. The van der Waals surface area contributed by atoms with Crippen LogP contribution < -0.4 is 0 Å². The first-order chi connectivity index (χ1) is 5.70. The van der Waals surface area contributed by atoms with Crippen molar-refractivity contribution in [3.63, 3.8) is 0 Å². The summed E-state index contributed by atoms with van der Waals surface area (Å²) in [5, 5.41) is 0. The molecule has 1 aromatic carbocycles. The zero-order valence-corrected chi connectivity index (χ0v) is 7.76. The molecule has 62 valence electrons. The van der Waals surface area contributed by atoms with Crippen molar-refractivity contribution >= 4 is 11.4 Å². The molecule has 1 heterocycles. The van der Waals surface area contributed by atoms with Crippen LogP contribution in [0.5, 0.6) is 0 Å². The lowest BCUT2D eigenvalue weighted by molar-refractivity contribution is 1.03. The Hall–Kier alpha value is -1.11. The van der Waals surface area contributed by atoms with Crippen LogP contribution in [0.4, 0.5) is 5.69 Å². The van der Waals surface area contributed by atoms with Gasteiger partial charge in [-0.05, 0) is 31.0 Å². The van der Waals surface area contributed by atoms with Crippen molar-refractivity contribution in [2.24, 2.45) is 4.99 Å². The number of rotatable bonds is 0. The Kier molecular flexibility index (Phi) is 1.53. The van der Waals surface area contributed by atoms with E-state index in [1.807, 2.05) is 0 Å². The Morgan fingerprint density at radius 3 is 2.67 bits per heavy atom. The van der Waals surface area contributed by atoms with E-state index in [0.29, 0.717) is 5.92 Å². The summed E-state index contributed by atoms with van der Waals surface area (Å²) in [6.45, 7) is 6.48. The van der Waals surface area contributed by atoms with Gasteiger partial charge in [-0.25, -0.2) is 0 Å². The average molecular weight is 159 g/mol. The normalized spacial score (nSPS) is 20.6. The van der Waals surface area contributed by atoms with Crippen molar-refractivity contribution in [1.29, 1.82) is 0 Å². The second-order valence-electron chi connectivity index (χ2n) is 3.48. The lowest BCUT2D eigenvalue weighted by Gasteiger charge is -2.07. The largest absolute Gasteiger partial charge is 0.257 e. The molecule has 12 heavy (non-hydrogen) atoms. The van der Waals surface area contributed by atoms with Gasteiger partial charge in [0.2, 0.25) is 0 Å². The molecule has 1 unspecified atom stereocenters. The minimum absolute atomic E-state index is 0.515. The summed E-state index contributed by atoms with van der Waals surface area (Å²) in [5.41, 5.74) is 5.18. The Balaban J connectivity index is 2.63. The van der Waals surface area contributed by atoms with E-state index in [4.69, 9.17) is 0 Å². The third kappa shape index (κ3) is 0.893. The third-order valence-electron chi connectivity index (χ3n) is 2.66. The van der Waals surface area contributed by atoms with Gasteiger partial charge in [-0.2, -0.15) is 0 Å². The van der Waals surface area contributed by atoms with Crippen molar-refractivity contribution in [2.75, 3.05) is 0 Å². The summed E-state index contributed by atoms with van der Waals surface area (Å²) in [7, 11) is 0. The Morgan fingerprint density at radius 1 is 1.25 bits per heavy atom. The van der Waals surface area contributed by atoms with Gasteiger partial charge < -0.3 is 0 Å². The van der Waals surface area contributed by atoms with Crippen LogP contribution in [-0.4, -0.2) is 5.71 Å². The Bertz CT molecular complexity index is 350. The molecule has 0 bridgehead atoms. The van der Waals surface area contributed by atoms with Crippen LogP contribution in [-0.2, 0) is 0 Å². The summed E-state index contributed by atoms with van der Waals surface area (Å²) in [6, 6.07) is 6.32. The van der Waals surface area contributed by atoms with Crippen LogP contribution in [0.3, 0.4) is 0 Å². The number of hydrogen-bond acceptors (Lipinski definition) is 1. The van der Waals surface area contributed by atoms with Gasteiger partial charge in [-0.3, -0.25) is 4.99 Å². The minimum atomic E-state index is 0.515. The van der Waals surface area contributed by atoms with Gasteiger partial charge in [0.15, 0.2) is 0 Å². The second kappa shape index (κ2) is 2.44. The molecule has 0 N–H and O–H groups in total. The molecular weight excluding hydrogens is 146 g/mol. The zero-order chi connectivity index (χ0) is 8.72.